The summed E-state index contributed by atoms with van der Waals surface area (Å²) >= 11 is 0. The molecule has 1 saturated carbocycles. The summed E-state index contributed by atoms with van der Waals surface area (Å²) in [7, 11) is 1.82. The van der Waals surface area contributed by atoms with Crippen LogP contribution in [0, 0.1) is 4.91 Å². The lowest BCUT2D eigenvalue weighted by molar-refractivity contribution is -0.132. The quantitative estimate of drug-likeness (QED) is 0.846. The predicted molar refractivity (Wildman–Crippen MR) is 83.1 cm³/mol. The Labute approximate surface area is 129 Å². The minimum absolute atomic E-state index is 0.129. The molecule has 1 aliphatic carbocycles. The Morgan fingerprint density at radius 1 is 1.36 bits per heavy atom. The van der Waals surface area contributed by atoms with E-state index >= 15 is 0 Å². The largest absolute Gasteiger partial charge is 0.488 e. The van der Waals surface area contributed by atoms with Gasteiger partial charge in [0.2, 0.25) is 5.91 Å². The number of likely N-dealkylation sites (tertiary alicyclic amines) is 1. The second-order valence-electron chi connectivity index (χ2n) is 6.14. The molecule has 2 fully saturated rings. The number of piperidine rings is 1. The van der Waals surface area contributed by atoms with Gasteiger partial charge in [-0.3, -0.25) is 4.79 Å². The average molecular weight is 303 g/mol. The van der Waals surface area contributed by atoms with Crippen LogP contribution in [0.5, 0.6) is 5.75 Å². The van der Waals surface area contributed by atoms with Crippen LogP contribution in [0.2, 0.25) is 0 Å². The summed E-state index contributed by atoms with van der Waals surface area (Å²) in [4.78, 5) is 24.8. The van der Waals surface area contributed by atoms with Gasteiger partial charge in [-0.25, -0.2) is 0 Å². The van der Waals surface area contributed by atoms with Gasteiger partial charge in [0.15, 0.2) is 0 Å². The van der Waals surface area contributed by atoms with Gasteiger partial charge in [0.1, 0.15) is 11.4 Å². The van der Waals surface area contributed by atoms with Gasteiger partial charge >= 0.3 is 0 Å². The molecule has 1 unspecified atom stereocenters. The van der Waals surface area contributed by atoms with Gasteiger partial charge in [-0.2, -0.15) is 0 Å². The summed E-state index contributed by atoms with van der Waals surface area (Å²) in [5.74, 6) is 0.794. The standard InChI is InChI=1S/C16H21N3O3/c1-19-5-4-10(7-16(19)20)13-8-15(22-12-2-3-12)14(18-21)6-11(13)9-17/h6,8,10,12H,2-5,7,9,17H2,1H3. The molecule has 0 radical (unpaired) electrons. The maximum absolute atomic E-state index is 12.0. The number of amides is 1. The van der Waals surface area contributed by atoms with E-state index in [1.807, 2.05) is 13.1 Å². The highest BCUT2D eigenvalue weighted by molar-refractivity contribution is 5.78. The van der Waals surface area contributed by atoms with Crippen LogP contribution < -0.4 is 10.5 Å². The van der Waals surface area contributed by atoms with E-state index in [9.17, 15) is 9.70 Å². The van der Waals surface area contributed by atoms with Gasteiger partial charge < -0.3 is 15.4 Å². The van der Waals surface area contributed by atoms with Crippen LogP contribution in [-0.4, -0.2) is 30.5 Å². The molecule has 6 nitrogen and oxygen atoms in total. The van der Waals surface area contributed by atoms with Gasteiger partial charge in [0.05, 0.1) is 6.10 Å². The molecule has 1 aromatic carbocycles. The molecule has 0 spiro atoms. The van der Waals surface area contributed by atoms with E-state index in [0.29, 0.717) is 24.4 Å². The van der Waals surface area contributed by atoms with Crippen LogP contribution in [-0.2, 0) is 11.3 Å². The summed E-state index contributed by atoms with van der Waals surface area (Å²) in [5, 5.41) is 3.07. The molecule has 0 aromatic heterocycles. The van der Waals surface area contributed by atoms with Crippen molar-refractivity contribution in [1.29, 1.82) is 0 Å². The summed E-state index contributed by atoms with van der Waals surface area (Å²) < 4.78 is 5.80. The molecule has 1 aromatic rings. The van der Waals surface area contributed by atoms with E-state index in [4.69, 9.17) is 10.5 Å². The summed E-state index contributed by atoms with van der Waals surface area (Å²) in [6.07, 6.45) is 3.58. The van der Waals surface area contributed by atoms with Crippen LogP contribution >= 0.6 is 0 Å². The highest BCUT2D eigenvalue weighted by Gasteiger charge is 2.29. The molecular weight excluding hydrogens is 282 g/mol. The van der Waals surface area contributed by atoms with Gasteiger partial charge in [-0.15, -0.1) is 4.91 Å². The number of hydrogen-bond acceptors (Lipinski definition) is 5. The molecule has 2 aliphatic rings. The topological polar surface area (TPSA) is 85.0 Å². The number of hydrogen-bond donors (Lipinski definition) is 1. The highest BCUT2D eigenvalue weighted by atomic mass is 16.5. The first-order valence-electron chi connectivity index (χ1n) is 7.73. The lowest BCUT2D eigenvalue weighted by Gasteiger charge is -2.30. The summed E-state index contributed by atoms with van der Waals surface area (Å²) in [6.45, 7) is 1.06. The normalized spacial score (nSPS) is 21.8. The monoisotopic (exact) mass is 303 g/mol. The van der Waals surface area contributed by atoms with Crippen LogP contribution in [0.3, 0.4) is 0 Å². The Kier molecular flexibility index (Phi) is 4.11. The smallest absolute Gasteiger partial charge is 0.222 e. The van der Waals surface area contributed by atoms with Crippen molar-refractivity contribution in [2.75, 3.05) is 13.6 Å². The van der Waals surface area contributed by atoms with Crippen molar-refractivity contribution in [3.8, 4) is 5.75 Å². The third kappa shape index (κ3) is 2.97. The molecule has 3 rings (SSSR count). The van der Waals surface area contributed by atoms with Crippen LogP contribution in [0.1, 0.15) is 42.7 Å². The fourth-order valence-electron chi connectivity index (χ4n) is 2.92. The lowest BCUT2D eigenvalue weighted by atomic mass is 9.85. The van der Waals surface area contributed by atoms with Gasteiger partial charge in [0.25, 0.3) is 0 Å². The zero-order valence-electron chi connectivity index (χ0n) is 12.7. The molecule has 1 saturated heterocycles. The van der Waals surface area contributed by atoms with Crippen molar-refractivity contribution in [2.45, 2.75) is 44.2 Å². The van der Waals surface area contributed by atoms with Gasteiger partial charge in [-0.05, 0) is 53.6 Å². The molecule has 1 aliphatic heterocycles. The van der Waals surface area contributed by atoms with E-state index in [-0.39, 0.29) is 17.9 Å². The van der Waals surface area contributed by atoms with Crippen molar-refractivity contribution in [3.05, 3.63) is 28.2 Å². The van der Waals surface area contributed by atoms with Crippen molar-refractivity contribution in [2.24, 2.45) is 10.9 Å². The number of carbonyl (C=O) groups is 1. The molecule has 6 heteroatoms. The fourth-order valence-corrected chi connectivity index (χ4v) is 2.92. The van der Waals surface area contributed by atoms with Crippen LogP contribution in [0.4, 0.5) is 5.69 Å². The molecule has 2 N–H and O–H groups in total. The maximum atomic E-state index is 12.0. The molecule has 0 bridgehead atoms. The first-order valence-corrected chi connectivity index (χ1v) is 7.73. The van der Waals surface area contributed by atoms with Crippen molar-refractivity contribution in [3.63, 3.8) is 0 Å². The number of nitrogens with zero attached hydrogens (tertiary/aromatic N) is 2. The minimum Gasteiger partial charge on any atom is -0.488 e. The fraction of sp³-hybridized carbons (Fsp3) is 0.562. The van der Waals surface area contributed by atoms with Crippen LogP contribution in [0.25, 0.3) is 0 Å². The number of carbonyl (C=O) groups excluding carboxylic acids is 1. The van der Waals surface area contributed by atoms with E-state index in [2.05, 4.69) is 5.18 Å². The molecule has 118 valence electrons. The van der Waals surface area contributed by atoms with Crippen LogP contribution in [0.15, 0.2) is 17.3 Å². The Balaban J connectivity index is 1.93. The van der Waals surface area contributed by atoms with E-state index in [0.717, 1.165) is 36.9 Å². The number of benzene rings is 1. The predicted octanol–water partition coefficient (Wildman–Crippen LogP) is 2.42. The van der Waals surface area contributed by atoms with Crippen molar-refractivity contribution < 1.29 is 9.53 Å². The molecular formula is C16H21N3O3. The van der Waals surface area contributed by atoms with Gasteiger partial charge in [-0.1, -0.05) is 0 Å². The lowest BCUT2D eigenvalue weighted by Crippen LogP contribution is -2.35. The highest BCUT2D eigenvalue weighted by Crippen LogP contribution is 2.40. The molecule has 1 atom stereocenters. The molecule has 1 heterocycles. The third-order valence-corrected chi connectivity index (χ3v) is 4.46. The second kappa shape index (κ2) is 6.04. The van der Waals surface area contributed by atoms with E-state index < -0.39 is 0 Å². The van der Waals surface area contributed by atoms with Crippen molar-refractivity contribution >= 4 is 11.6 Å². The third-order valence-electron chi connectivity index (χ3n) is 4.46. The Bertz CT molecular complexity index is 599. The van der Waals surface area contributed by atoms with E-state index in [1.165, 1.54) is 0 Å². The zero-order valence-corrected chi connectivity index (χ0v) is 12.7. The zero-order chi connectivity index (χ0) is 15.7. The number of ether oxygens (including phenoxy) is 1. The summed E-state index contributed by atoms with van der Waals surface area (Å²) in [6, 6.07) is 3.59. The first kappa shape index (κ1) is 15.0. The second-order valence-corrected chi connectivity index (χ2v) is 6.14. The first-order chi connectivity index (χ1) is 10.6. The number of rotatable bonds is 5. The minimum atomic E-state index is 0.129. The average Bonchev–Trinajstić information content (AvgIpc) is 3.33. The Morgan fingerprint density at radius 3 is 2.73 bits per heavy atom. The molecule has 1 amide bonds. The summed E-state index contributed by atoms with van der Waals surface area (Å²) in [5.41, 5.74) is 8.02. The Hall–Kier alpha value is -1.95. The van der Waals surface area contributed by atoms with Gasteiger partial charge in [0, 0.05) is 26.6 Å². The van der Waals surface area contributed by atoms with E-state index in [1.54, 1.807) is 11.0 Å². The number of nitroso groups, excluding NO2 is 1. The van der Waals surface area contributed by atoms with Crippen molar-refractivity contribution in [1.82, 2.24) is 4.90 Å². The molecule has 22 heavy (non-hydrogen) atoms. The SMILES string of the molecule is CN1CCC(c2cc(OC3CC3)c(N=O)cc2CN)CC1=O. The Morgan fingerprint density at radius 2 is 2.14 bits per heavy atom. The maximum Gasteiger partial charge on any atom is 0.222 e. The number of nitrogens with two attached hydrogens (primary N) is 1.